The van der Waals surface area contributed by atoms with Gasteiger partial charge < -0.3 is 0 Å². The fraction of sp³-hybridized carbons (Fsp3) is 0.103. The van der Waals surface area contributed by atoms with Crippen LogP contribution in [0.3, 0.4) is 0 Å². The van der Waals surface area contributed by atoms with Crippen LogP contribution in [0.4, 0.5) is 0 Å². The van der Waals surface area contributed by atoms with Crippen LogP contribution < -0.4 is 0 Å². The number of allylic oxidation sites excluding steroid dienone is 2. The van der Waals surface area contributed by atoms with Gasteiger partial charge in [0.15, 0.2) is 0 Å². The Labute approximate surface area is 172 Å². The summed E-state index contributed by atoms with van der Waals surface area (Å²) in [5.74, 6) is 0. The van der Waals surface area contributed by atoms with Crippen molar-refractivity contribution in [2.75, 3.05) is 0 Å². The standard InChI is InChI=1S/C29H24/c1-4-12-24-27-20(5-2)15-11-18-25(27)26-19(3)22-16-9-10-17-23(22)28(29(24)26)21-13-7-6-8-14-21/h4,6-18H,1,5H2,2-3H3/b24-12+. The molecule has 0 nitrogen and oxygen atoms in total. The highest BCUT2D eigenvalue weighted by Gasteiger charge is 2.31. The molecule has 29 heavy (non-hydrogen) atoms. The molecular formula is C29H24. The molecule has 0 saturated heterocycles. The van der Waals surface area contributed by atoms with Crippen molar-refractivity contribution in [2.24, 2.45) is 0 Å². The summed E-state index contributed by atoms with van der Waals surface area (Å²) in [4.78, 5) is 0. The number of hydrogen-bond acceptors (Lipinski definition) is 0. The highest BCUT2D eigenvalue weighted by molar-refractivity contribution is 6.16. The van der Waals surface area contributed by atoms with Crippen molar-refractivity contribution in [2.45, 2.75) is 20.3 Å². The lowest BCUT2D eigenvalue weighted by molar-refractivity contribution is 1.13. The first-order valence-corrected chi connectivity index (χ1v) is 10.3. The van der Waals surface area contributed by atoms with E-state index in [1.165, 1.54) is 60.9 Å². The minimum Gasteiger partial charge on any atom is -0.0990 e. The Morgan fingerprint density at radius 2 is 1.45 bits per heavy atom. The molecule has 0 spiro atoms. The molecule has 4 aromatic carbocycles. The second kappa shape index (κ2) is 6.90. The van der Waals surface area contributed by atoms with E-state index in [2.05, 4.69) is 99.3 Å². The normalized spacial score (nSPS) is 13.5. The zero-order valence-electron chi connectivity index (χ0n) is 17.0. The van der Waals surface area contributed by atoms with Gasteiger partial charge in [-0.05, 0) is 74.2 Å². The predicted molar refractivity (Wildman–Crippen MR) is 126 cm³/mol. The second-order valence-corrected chi connectivity index (χ2v) is 7.67. The third-order valence-electron chi connectivity index (χ3n) is 6.16. The summed E-state index contributed by atoms with van der Waals surface area (Å²) in [7, 11) is 0. The molecule has 0 heteroatoms. The molecule has 0 bridgehead atoms. The lowest BCUT2D eigenvalue weighted by atomic mass is 9.85. The number of fused-ring (bicyclic) bond motifs is 4. The summed E-state index contributed by atoms with van der Waals surface area (Å²) in [6.07, 6.45) is 5.15. The number of benzene rings is 4. The van der Waals surface area contributed by atoms with Gasteiger partial charge in [0.1, 0.15) is 0 Å². The van der Waals surface area contributed by atoms with Crippen molar-refractivity contribution in [3.8, 4) is 22.3 Å². The maximum atomic E-state index is 4.04. The summed E-state index contributed by atoms with van der Waals surface area (Å²) < 4.78 is 0. The van der Waals surface area contributed by atoms with Gasteiger partial charge >= 0.3 is 0 Å². The summed E-state index contributed by atoms with van der Waals surface area (Å²) in [5, 5.41) is 2.65. The SMILES string of the molecule is C=C/C=C1\c2c(CC)cccc2-c2c1c(-c1ccccc1)c1ccccc1c2C. The first-order valence-electron chi connectivity index (χ1n) is 10.3. The second-order valence-electron chi connectivity index (χ2n) is 7.67. The van der Waals surface area contributed by atoms with Crippen LogP contribution in [0.1, 0.15) is 29.2 Å². The molecule has 4 aromatic rings. The van der Waals surface area contributed by atoms with Gasteiger partial charge in [-0.15, -0.1) is 0 Å². The van der Waals surface area contributed by atoms with E-state index in [0.29, 0.717) is 0 Å². The molecule has 0 atom stereocenters. The molecule has 0 aromatic heterocycles. The van der Waals surface area contributed by atoms with Crippen LogP contribution in [0.5, 0.6) is 0 Å². The van der Waals surface area contributed by atoms with Crippen LogP contribution in [0.15, 0.2) is 91.5 Å². The third-order valence-corrected chi connectivity index (χ3v) is 6.16. The monoisotopic (exact) mass is 372 g/mol. The van der Waals surface area contributed by atoms with Crippen molar-refractivity contribution < 1.29 is 0 Å². The largest absolute Gasteiger partial charge is 0.0990 e. The first-order chi connectivity index (χ1) is 14.3. The highest BCUT2D eigenvalue weighted by atomic mass is 14.3. The molecule has 1 aliphatic carbocycles. The number of aryl methyl sites for hydroxylation is 2. The van der Waals surface area contributed by atoms with E-state index in [1.54, 1.807) is 0 Å². The molecule has 0 N–H and O–H groups in total. The Morgan fingerprint density at radius 1 is 0.724 bits per heavy atom. The average Bonchev–Trinajstić information content (AvgIpc) is 3.09. The third kappa shape index (κ3) is 2.53. The Kier molecular flexibility index (Phi) is 4.21. The molecular weight excluding hydrogens is 348 g/mol. The Balaban J connectivity index is 2.03. The molecule has 0 heterocycles. The van der Waals surface area contributed by atoms with E-state index in [4.69, 9.17) is 0 Å². The lowest BCUT2D eigenvalue weighted by Crippen LogP contribution is -1.94. The summed E-state index contributed by atoms with van der Waals surface area (Å²) in [6, 6.07) is 26.4. The molecule has 1 aliphatic rings. The van der Waals surface area contributed by atoms with Crippen LogP contribution in [0.2, 0.25) is 0 Å². The van der Waals surface area contributed by atoms with Crippen molar-refractivity contribution in [3.63, 3.8) is 0 Å². The minimum absolute atomic E-state index is 1.02. The molecule has 0 amide bonds. The van der Waals surface area contributed by atoms with E-state index in [1.807, 2.05) is 6.08 Å². The molecule has 140 valence electrons. The topological polar surface area (TPSA) is 0 Å². The maximum absolute atomic E-state index is 4.04. The van der Waals surface area contributed by atoms with E-state index in [9.17, 15) is 0 Å². The van der Waals surface area contributed by atoms with E-state index in [-0.39, 0.29) is 0 Å². The van der Waals surface area contributed by atoms with Gasteiger partial charge in [-0.1, -0.05) is 98.5 Å². The maximum Gasteiger partial charge on any atom is -0.00111 e. The quantitative estimate of drug-likeness (QED) is 0.301. The van der Waals surface area contributed by atoms with Gasteiger partial charge in [-0.25, -0.2) is 0 Å². The first kappa shape index (κ1) is 17.7. The summed E-state index contributed by atoms with van der Waals surface area (Å²) >= 11 is 0. The zero-order valence-corrected chi connectivity index (χ0v) is 17.0. The van der Waals surface area contributed by atoms with Crippen molar-refractivity contribution in [1.82, 2.24) is 0 Å². The van der Waals surface area contributed by atoms with Crippen LogP contribution in [0.25, 0.3) is 38.6 Å². The minimum atomic E-state index is 1.02. The van der Waals surface area contributed by atoms with Gasteiger partial charge in [-0.3, -0.25) is 0 Å². The van der Waals surface area contributed by atoms with Gasteiger partial charge in [0.05, 0.1) is 0 Å². The van der Waals surface area contributed by atoms with Crippen LogP contribution in [0, 0.1) is 6.92 Å². The van der Waals surface area contributed by atoms with Crippen LogP contribution >= 0.6 is 0 Å². The van der Waals surface area contributed by atoms with Crippen molar-refractivity contribution in [3.05, 3.63) is 114 Å². The van der Waals surface area contributed by atoms with E-state index < -0.39 is 0 Å². The molecule has 0 aliphatic heterocycles. The zero-order chi connectivity index (χ0) is 20.0. The smallest absolute Gasteiger partial charge is 0.00111 e. The Morgan fingerprint density at radius 3 is 2.17 bits per heavy atom. The van der Waals surface area contributed by atoms with E-state index >= 15 is 0 Å². The fourth-order valence-electron chi connectivity index (χ4n) is 4.95. The van der Waals surface area contributed by atoms with Crippen molar-refractivity contribution >= 4 is 16.3 Å². The molecule has 0 saturated carbocycles. The molecule has 0 radical (unpaired) electrons. The van der Waals surface area contributed by atoms with E-state index in [0.717, 1.165) is 6.42 Å². The van der Waals surface area contributed by atoms with Gasteiger partial charge in [0, 0.05) is 0 Å². The Bertz CT molecular complexity index is 1290. The highest BCUT2D eigenvalue weighted by Crippen LogP contribution is 2.53. The summed E-state index contributed by atoms with van der Waals surface area (Å²) in [5.41, 5.74) is 12.1. The molecule has 5 rings (SSSR count). The number of hydrogen-bond donors (Lipinski definition) is 0. The van der Waals surface area contributed by atoms with Crippen molar-refractivity contribution in [1.29, 1.82) is 0 Å². The van der Waals surface area contributed by atoms with Crippen LogP contribution in [-0.2, 0) is 6.42 Å². The van der Waals surface area contributed by atoms with Gasteiger partial charge in [0.2, 0.25) is 0 Å². The lowest BCUT2D eigenvalue weighted by Gasteiger charge is -2.18. The average molecular weight is 373 g/mol. The van der Waals surface area contributed by atoms with Crippen LogP contribution in [-0.4, -0.2) is 0 Å². The predicted octanol–water partition coefficient (Wildman–Crippen LogP) is 7.98. The fourth-order valence-corrected chi connectivity index (χ4v) is 4.95. The molecule has 0 unspecified atom stereocenters. The molecule has 0 fully saturated rings. The van der Waals surface area contributed by atoms with Gasteiger partial charge in [-0.2, -0.15) is 0 Å². The summed E-state index contributed by atoms with van der Waals surface area (Å²) in [6.45, 7) is 8.55. The van der Waals surface area contributed by atoms with Gasteiger partial charge in [0.25, 0.3) is 0 Å². The Hall–Kier alpha value is -3.38. The number of rotatable bonds is 3.